The zero-order chi connectivity index (χ0) is 9.49. The van der Waals surface area contributed by atoms with Crippen molar-refractivity contribution in [2.24, 2.45) is 5.73 Å². The summed E-state index contributed by atoms with van der Waals surface area (Å²) in [5, 5.41) is 8.33. The first kappa shape index (κ1) is 13.5. The zero-order valence-electron chi connectivity index (χ0n) is 8.22. The van der Waals surface area contributed by atoms with E-state index in [1.54, 1.807) is 6.92 Å². The Labute approximate surface area is 69.5 Å². The highest BCUT2D eigenvalue weighted by atomic mass is 16.6. The van der Waals surface area contributed by atoms with Gasteiger partial charge in [0.1, 0.15) is 0 Å². The summed E-state index contributed by atoms with van der Waals surface area (Å²) in [7, 11) is 0. The van der Waals surface area contributed by atoms with E-state index in [4.69, 9.17) is 10.8 Å². The third-order valence-corrected chi connectivity index (χ3v) is 0.408. The van der Waals surface area contributed by atoms with Gasteiger partial charge in [-0.3, -0.25) is 0 Å². The predicted molar refractivity (Wildman–Crippen MR) is 47.2 cm³/mol. The van der Waals surface area contributed by atoms with Crippen LogP contribution in [0.2, 0.25) is 0 Å². The maximum atomic E-state index is 8.33. The molecule has 0 heterocycles. The second-order valence-electron chi connectivity index (χ2n) is 3.42. The van der Waals surface area contributed by atoms with Crippen LogP contribution < -0.4 is 5.73 Å². The summed E-state index contributed by atoms with van der Waals surface area (Å²) in [6.45, 7) is 9.90. The third-order valence-electron chi connectivity index (χ3n) is 0.408. The molecule has 11 heavy (non-hydrogen) atoms. The second kappa shape index (κ2) is 6.58. The quantitative estimate of drug-likeness (QED) is 0.599. The molecule has 0 fully saturated rings. The van der Waals surface area contributed by atoms with Gasteiger partial charge in [-0.1, -0.05) is 0 Å². The number of hydrogen-bond acceptors (Lipinski definition) is 3. The van der Waals surface area contributed by atoms with Gasteiger partial charge in [-0.25, -0.2) is 0 Å². The van der Waals surface area contributed by atoms with E-state index in [0.717, 1.165) is 0 Å². The van der Waals surface area contributed by atoms with Crippen LogP contribution in [0.5, 0.6) is 0 Å². The number of aliphatic hydroxyl groups excluding tert-OH is 1. The first-order valence-corrected chi connectivity index (χ1v) is 3.86. The molecular formula is C8H21NO2. The first-order valence-electron chi connectivity index (χ1n) is 3.86. The molecule has 0 spiro atoms. The van der Waals surface area contributed by atoms with E-state index >= 15 is 0 Å². The Morgan fingerprint density at radius 2 is 1.73 bits per heavy atom. The minimum Gasteiger partial charge on any atom is -0.368 e. The van der Waals surface area contributed by atoms with E-state index in [0.29, 0.717) is 6.61 Å². The molecule has 0 aromatic heterocycles. The molecule has 0 rings (SSSR count). The lowest BCUT2D eigenvalue weighted by Crippen LogP contribution is -2.26. The fraction of sp³-hybridized carbons (Fsp3) is 1.00. The van der Waals surface area contributed by atoms with Gasteiger partial charge in [-0.15, -0.1) is 0 Å². The number of hydrogen-bond donors (Lipinski definition) is 2. The van der Waals surface area contributed by atoms with Crippen molar-refractivity contribution in [1.29, 1.82) is 0 Å². The number of aliphatic hydroxyl groups is 1. The fourth-order valence-corrected chi connectivity index (χ4v) is 0.241. The Bertz CT molecular complexity index is 70.7. The fourth-order valence-electron chi connectivity index (χ4n) is 0.241. The van der Waals surface area contributed by atoms with Crippen LogP contribution in [0.15, 0.2) is 0 Å². The van der Waals surface area contributed by atoms with Gasteiger partial charge >= 0.3 is 0 Å². The predicted octanol–water partition coefficient (Wildman–Crippen LogP) is 1.10. The lowest BCUT2D eigenvalue weighted by atomic mass is 10.1. The van der Waals surface area contributed by atoms with E-state index in [-0.39, 0.29) is 5.54 Å². The Kier molecular flexibility index (Phi) is 8.06. The summed E-state index contributed by atoms with van der Waals surface area (Å²) in [5.41, 5.74) is 5.35. The van der Waals surface area contributed by atoms with E-state index in [2.05, 4.69) is 4.74 Å². The Balaban J connectivity index is 0. The van der Waals surface area contributed by atoms with Crippen LogP contribution in [0.25, 0.3) is 0 Å². The second-order valence-corrected chi connectivity index (χ2v) is 3.42. The lowest BCUT2D eigenvalue weighted by molar-refractivity contribution is -0.0800. The monoisotopic (exact) mass is 163 g/mol. The molecule has 0 bridgehead atoms. The maximum absolute atomic E-state index is 8.33. The molecular weight excluding hydrogens is 142 g/mol. The molecule has 3 heteroatoms. The Morgan fingerprint density at radius 1 is 1.45 bits per heavy atom. The van der Waals surface area contributed by atoms with Crippen LogP contribution in [-0.2, 0) is 4.74 Å². The van der Waals surface area contributed by atoms with Crippen LogP contribution in [0.4, 0.5) is 0 Å². The lowest BCUT2D eigenvalue weighted by Gasteiger charge is -2.06. The molecule has 0 amide bonds. The van der Waals surface area contributed by atoms with E-state index < -0.39 is 6.29 Å². The van der Waals surface area contributed by atoms with Crippen LogP contribution in [0.3, 0.4) is 0 Å². The van der Waals surface area contributed by atoms with Gasteiger partial charge < -0.3 is 15.6 Å². The maximum Gasteiger partial charge on any atom is 0.151 e. The minimum absolute atomic E-state index is 0. The van der Waals surface area contributed by atoms with Crippen LogP contribution in [-0.4, -0.2) is 23.5 Å². The number of nitrogens with two attached hydrogens (primary N) is 1. The summed E-state index contributed by atoms with van der Waals surface area (Å²) >= 11 is 0. The van der Waals surface area contributed by atoms with Crippen LogP contribution >= 0.6 is 0 Å². The van der Waals surface area contributed by atoms with E-state index in [9.17, 15) is 0 Å². The van der Waals surface area contributed by atoms with Crippen molar-refractivity contribution in [3.05, 3.63) is 0 Å². The molecule has 0 radical (unpaired) electrons. The topological polar surface area (TPSA) is 55.5 Å². The molecule has 3 nitrogen and oxygen atoms in total. The molecule has 0 aliphatic heterocycles. The van der Waals surface area contributed by atoms with Crippen molar-refractivity contribution < 1.29 is 9.84 Å². The van der Waals surface area contributed by atoms with Crippen molar-refractivity contribution >= 4 is 0 Å². The first-order chi connectivity index (χ1) is 4.77. The molecule has 0 saturated carbocycles. The standard InChI is InChI=1S/C4H11N.C4H10O2/c1-4(2,3)5;1-3-6-4(2)5/h5H2,1-3H3;4-5H,3H2,1-2H3. The average Bonchev–Trinajstić information content (AvgIpc) is 1.58. The van der Waals surface area contributed by atoms with Gasteiger partial charge in [0.05, 0.1) is 0 Å². The highest BCUT2D eigenvalue weighted by Gasteiger charge is 1.95. The highest BCUT2D eigenvalue weighted by molar-refractivity contribution is 4.60. The Hall–Kier alpha value is -0.120. The van der Waals surface area contributed by atoms with Gasteiger partial charge in [-0.2, -0.15) is 0 Å². The highest BCUT2D eigenvalue weighted by Crippen LogP contribution is 1.88. The molecule has 0 aromatic carbocycles. The van der Waals surface area contributed by atoms with Crippen LogP contribution in [0.1, 0.15) is 34.6 Å². The zero-order valence-corrected chi connectivity index (χ0v) is 8.22. The van der Waals surface area contributed by atoms with E-state index in [1.165, 1.54) is 0 Å². The summed E-state index contributed by atoms with van der Waals surface area (Å²) in [5.74, 6) is 0. The van der Waals surface area contributed by atoms with E-state index in [1.807, 2.05) is 27.7 Å². The van der Waals surface area contributed by atoms with Gasteiger partial charge in [0.15, 0.2) is 6.29 Å². The molecule has 0 aliphatic carbocycles. The van der Waals surface area contributed by atoms with Gasteiger partial charge in [0.2, 0.25) is 0 Å². The van der Waals surface area contributed by atoms with Crippen molar-refractivity contribution in [2.75, 3.05) is 6.61 Å². The number of rotatable bonds is 2. The van der Waals surface area contributed by atoms with Gasteiger partial charge in [0, 0.05) is 12.1 Å². The normalized spacial score (nSPS) is 13.4. The van der Waals surface area contributed by atoms with Gasteiger partial charge in [0.25, 0.3) is 0 Å². The summed E-state index contributed by atoms with van der Waals surface area (Å²) in [6.07, 6.45) is -0.602. The van der Waals surface area contributed by atoms with Gasteiger partial charge in [-0.05, 0) is 34.6 Å². The third kappa shape index (κ3) is 74.0. The van der Waals surface area contributed by atoms with Crippen LogP contribution in [0, 0.1) is 0 Å². The van der Waals surface area contributed by atoms with Crippen molar-refractivity contribution in [1.82, 2.24) is 0 Å². The SMILES string of the molecule is CC(C)(C)N.CCOC(C)O. The number of ether oxygens (including phenoxy) is 1. The molecule has 70 valence electrons. The molecule has 1 atom stereocenters. The average molecular weight is 163 g/mol. The van der Waals surface area contributed by atoms with Crippen molar-refractivity contribution in [3.63, 3.8) is 0 Å². The minimum atomic E-state index is -0.602. The summed E-state index contributed by atoms with van der Waals surface area (Å²) < 4.78 is 4.60. The largest absolute Gasteiger partial charge is 0.368 e. The van der Waals surface area contributed by atoms with Crippen molar-refractivity contribution in [2.45, 2.75) is 46.4 Å². The molecule has 3 N–H and O–H groups in total. The smallest absolute Gasteiger partial charge is 0.151 e. The molecule has 0 aliphatic rings. The molecule has 1 unspecified atom stereocenters. The molecule has 0 aromatic rings. The van der Waals surface area contributed by atoms with Crippen molar-refractivity contribution in [3.8, 4) is 0 Å². The summed E-state index contributed by atoms with van der Waals surface area (Å²) in [4.78, 5) is 0. The Morgan fingerprint density at radius 3 is 1.73 bits per heavy atom. The molecule has 0 saturated heterocycles. The summed E-state index contributed by atoms with van der Waals surface area (Å²) in [6, 6.07) is 0.